The van der Waals surface area contributed by atoms with E-state index in [2.05, 4.69) is 25.9 Å². The van der Waals surface area contributed by atoms with Crippen molar-refractivity contribution in [3.63, 3.8) is 0 Å². The van der Waals surface area contributed by atoms with E-state index >= 15 is 0 Å². The highest BCUT2D eigenvalue weighted by Crippen LogP contribution is 2.09. The minimum absolute atomic E-state index is 0.374. The largest absolute Gasteiger partial charge is 0.367 e. The van der Waals surface area contributed by atoms with Crippen molar-refractivity contribution < 1.29 is 0 Å². The highest BCUT2D eigenvalue weighted by atomic mass is 15.2. The van der Waals surface area contributed by atoms with Gasteiger partial charge in [0.25, 0.3) is 0 Å². The lowest BCUT2D eigenvalue weighted by Gasteiger charge is -2.17. The third-order valence-corrected chi connectivity index (χ3v) is 2.66. The van der Waals surface area contributed by atoms with Crippen molar-refractivity contribution in [3.8, 4) is 0 Å². The number of likely N-dealkylation sites (N-methyl/N-ethyl adjacent to an activating group) is 1. The average molecular weight is 231 g/mol. The Balaban J connectivity index is 1.96. The van der Waals surface area contributed by atoms with Crippen LogP contribution >= 0.6 is 0 Å². The molecule has 0 spiro atoms. The highest BCUT2D eigenvalue weighted by Gasteiger charge is 2.04. The highest BCUT2D eigenvalue weighted by molar-refractivity contribution is 5.36. The molecule has 0 aliphatic heterocycles. The maximum absolute atomic E-state index is 5.52. The van der Waals surface area contributed by atoms with E-state index in [1.54, 1.807) is 6.20 Å². The van der Waals surface area contributed by atoms with Crippen molar-refractivity contribution in [1.82, 2.24) is 15.0 Å². The summed E-state index contributed by atoms with van der Waals surface area (Å²) < 4.78 is 0. The van der Waals surface area contributed by atoms with Gasteiger partial charge in [-0.3, -0.25) is 0 Å². The predicted octanol–water partition coefficient (Wildman–Crippen LogP) is 0.942. The van der Waals surface area contributed by atoms with Crippen LogP contribution in [0.15, 0.2) is 30.7 Å². The third kappa shape index (κ3) is 3.04. The van der Waals surface area contributed by atoms with Crippen LogP contribution in [-0.2, 0) is 13.0 Å². The normalized spacial score (nSPS) is 10.5. The van der Waals surface area contributed by atoms with Crippen molar-refractivity contribution in [2.24, 2.45) is 5.73 Å². The number of anilines is 1. The van der Waals surface area contributed by atoms with Gasteiger partial charge in [0.15, 0.2) is 0 Å². The first-order valence-electron chi connectivity index (χ1n) is 5.64. The van der Waals surface area contributed by atoms with Gasteiger partial charge in [0, 0.05) is 32.2 Å². The summed E-state index contributed by atoms with van der Waals surface area (Å²) in [5, 5.41) is 0. The Morgan fingerprint density at radius 1 is 1.41 bits per heavy atom. The van der Waals surface area contributed by atoms with E-state index < -0.39 is 0 Å². The van der Waals surface area contributed by atoms with Crippen molar-refractivity contribution >= 4 is 5.82 Å². The number of aromatic amines is 1. The fourth-order valence-corrected chi connectivity index (χ4v) is 1.62. The van der Waals surface area contributed by atoms with E-state index in [0.29, 0.717) is 12.4 Å². The van der Waals surface area contributed by atoms with Crippen LogP contribution in [0, 0.1) is 0 Å². The summed E-state index contributed by atoms with van der Waals surface area (Å²) in [7, 11) is 2.02. The number of nitrogens with two attached hydrogens (primary N) is 1. The van der Waals surface area contributed by atoms with Gasteiger partial charge in [-0.1, -0.05) is 0 Å². The van der Waals surface area contributed by atoms with E-state index in [9.17, 15) is 0 Å². The minimum atomic E-state index is 0.374. The molecule has 0 aliphatic carbocycles. The zero-order chi connectivity index (χ0) is 12.1. The Morgan fingerprint density at radius 2 is 2.29 bits per heavy atom. The first kappa shape index (κ1) is 11.6. The van der Waals surface area contributed by atoms with Crippen LogP contribution in [0.1, 0.15) is 11.4 Å². The average Bonchev–Trinajstić information content (AvgIpc) is 2.89. The molecule has 0 saturated carbocycles. The number of nitrogens with zero attached hydrogens (tertiary/aromatic N) is 3. The molecular formula is C12H17N5. The van der Waals surface area contributed by atoms with Gasteiger partial charge >= 0.3 is 0 Å². The van der Waals surface area contributed by atoms with Gasteiger partial charge in [0.1, 0.15) is 11.6 Å². The van der Waals surface area contributed by atoms with E-state index in [1.165, 1.54) is 5.56 Å². The smallest absolute Gasteiger partial charge is 0.144 e. The van der Waals surface area contributed by atoms with Crippen LogP contribution in [0.3, 0.4) is 0 Å². The Bertz CT molecular complexity index is 452. The molecule has 90 valence electrons. The first-order chi connectivity index (χ1) is 8.29. The molecule has 0 aromatic carbocycles. The lowest BCUT2D eigenvalue weighted by Crippen LogP contribution is -2.22. The molecule has 0 fully saturated rings. The Hall–Kier alpha value is -1.88. The number of H-pyrrole nitrogens is 1. The lowest BCUT2D eigenvalue weighted by molar-refractivity contribution is 0.831. The molecule has 17 heavy (non-hydrogen) atoms. The van der Waals surface area contributed by atoms with Gasteiger partial charge in [-0.05, 0) is 24.1 Å². The summed E-state index contributed by atoms with van der Waals surface area (Å²) in [5.41, 5.74) is 6.82. The molecule has 2 aromatic heterocycles. The van der Waals surface area contributed by atoms with Crippen LogP contribution in [0.5, 0.6) is 0 Å². The summed E-state index contributed by atoms with van der Waals surface area (Å²) in [6.07, 6.45) is 6.69. The first-order valence-corrected chi connectivity index (χ1v) is 5.64. The predicted molar refractivity (Wildman–Crippen MR) is 67.7 cm³/mol. The van der Waals surface area contributed by atoms with Gasteiger partial charge in [-0.25, -0.2) is 9.97 Å². The van der Waals surface area contributed by atoms with Crippen LogP contribution in [0.2, 0.25) is 0 Å². The monoisotopic (exact) mass is 231 g/mol. The minimum Gasteiger partial charge on any atom is -0.367 e. The SMILES string of the molecule is CN(CCc1cc[nH]c1)c1ccnc(CN)n1. The molecule has 2 heterocycles. The maximum atomic E-state index is 5.52. The molecule has 0 saturated heterocycles. The molecule has 0 amide bonds. The number of aromatic nitrogens is 3. The van der Waals surface area contributed by atoms with E-state index in [0.717, 1.165) is 18.8 Å². The standard InChI is InChI=1S/C12H17N5/c1-17(7-4-10-2-5-14-9-10)12-3-6-15-11(8-13)16-12/h2-3,5-6,9,14H,4,7-8,13H2,1H3. The number of rotatable bonds is 5. The summed E-state index contributed by atoms with van der Waals surface area (Å²) >= 11 is 0. The van der Waals surface area contributed by atoms with Crippen LogP contribution in [-0.4, -0.2) is 28.5 Å². The maximum Gasteiger partial charge on any atom is 0.144 e. The number of hydrogen-bond acceptors (Lipinski definition) is 4. The number of hydrogen-bond donors (Lipinski definition) is 2. The van der Waals surface area contributed by atoms with Crippen LogP contribution in [0.4, 0.5) is 5.82 Å². The molecule has 2 aromatic rings. The summed E-state index contributed by atoms with van der Waals surface area (Å²) in [4.78, 5) is 13.6. The molecule has 0 atom stereocenters. The second-order valence-electron chi connectivity index (χ2n) is 3.93. The quantitative estimate of drug-likeness (QED) is 0.803. The summed E-state index contributed by atoms with van der Waals surface area (Å²) in [6, 6.07) is 3.98. The third-order valence-electron chi connectivity index (χ3n) is 2.66. The summed E-state index contributed by atoms with van der Waals surface area (Å²) in [5.74, 6) is 1.59. The Kier molecular flexibility index (Phi) is 3.72. The molecule has 2 rings (SSSR count). The fraction of sp³-hybridized carbons (Fsp3) is 0.333. The van der Waals surface area contributed by atoms with Gasteiger partial charge in [0.2, 0.25) is 0 Å². The fourth-order valence-electron chi connectivity index (χ4n) is 1.62. The molecule has 0 radical (unpaired) electrons. The van der Waals surface area contributed by atoms with Gasteiger partial charge in [-0.15, -0.1) is 0 Å². The van der Waals surface area contributed by atoms with Crippen molar-refractivity contribution in [2.45, 2.75) is 13.0 Å². The topological polar surface area (TPSA) is 70.8 Å². The van der Waals surface area contributed by atoms with E-state index in [1.807, 2.05) is 25.5 Å². The second kappa shape index (κ2) is 5.45. The molecule has 5 nitrogen and oxygen atoms in total. The van der Waals surface area contributed by atoms with Gasteiger partial charge < -0.3 is 15.6 Å². The van der Waals surface area contributed by atoms with Crippen molar-refractivity contribution in [2.75, 3.05) is 18.5 Å². The molecule has 0 bridgehead atoms. The molecule has 0 aliphatic rings. The zero-order valence-electron chi connectivity index (χ0n) is 9.93. The van der Waals surface area contributed by atoms with E-state index in [-0.39, 0.29) is 0 Å². The molecule has 3 N–H and O–H groups in total. The summed E-state index contributed by atoms with van der Waals surface area (Å²) in [6.45, 7) is 1.29. The van der Waals surface area contributed by atoms with Crippen molar-refractivity contribution in [3.05, 3.63) is 42.1 Å². The van der Waals surface area contributed by atoms with Crippen molar-refractivity contribution in [1.29, 1.82) is 0 Å². The number of nitrogens with one attached hydrogen (secondary N) is 1. The zero-order valence-corrected chi connectivity index (χ0v) is 9.93. The Labute approximate surface area is 101 Å². The lowest BCUT2D eigenvalue weighted by atomic mass is 10.2. The molecule has 0 unspecified atom stereocenters. The molecular weight excluding hydrogens is 214 g/mol. The van der Waals surface area contributed by atoms with E-state index in [4.69, 9.17) is 5.73 Å². The van der Waals surface area contributed by atoms with Crippen LogP contribution in [0.25, 0.3) is 0 Å². The van der Waals surface area contributed by atoms with Crippen LogP contribution < -0.4 is 10.6 Å². The molecule has 5 heteroatoms. The van der Waals surface area contributed by atoms with Gasteiger partial charge in [0.05, 0.1) is 6.54 Å². The van der Waals surface area contributed by atoms with Gasteiger partial charge in [-0.2, -0.15) is 0 Å². The Morgan fingerprint density at radius 3 is 3.00 bits per heavy atom. The second-order valence-corrected chi connectivity index (χ2v) is 3.93.